The molecule has 1 aromatic rings. The van der Waals surface area contributed by atoms with Gasteiger partial charge in [0.05, 0.1) is 7.11 Å². The molecule has 0 radical (unpaired) electrons. The molecule has 0 saturated heterocycles. The first-order chi connectivity index (χ1) is 8.54. The monoisotopic (exact) mass is 247 g/mol. The fourth-order valence-corrected chi connectivity index (χ4v) is 2.31. The Hall–Kier alpha value is -1.51. The highest BCUT2D eigenvalue weighted by molar-refractivity contribution is 5.80. The summed E-state index contributed by atoms with van der Waals surface area (Å²) >= 11 is 0. The average Bonchev–Trinajstić information content (AvgIpc) is 3.16. The lowest BCUT2D eigenvalue weighted by Crippen LogP contribution is -2.24. The van der Waals surface area contributed by atoms with Crippen molar-refractivity contribution in [2.45, 2.75) is 40.2 Å². The molecule has 18 heavy (non-hydrogen) atoms. The van der Waals surface area contributed by atoms with Crippen molar-refractivity contribution < 1.29 is 9.53 Å². The fourth-order valence-electron chi connectivity index (χ4n) is 2.31. The van der Waals surface area contributed by atoms with E-state index in [1.165, 1.54) is 11.1 Å². The van der Waals surface area contributed by atoms with Crippen molar-refractivity contribution in [1.29, 1.82) is 0 Å². The molecule has 1 aromatic carbocycles. The summed E-state index contributed by atoms with van der Waals surface area (Å²) in [5, 5.41) is 3.01. The number of rotatable bonds is 4. The van der Waals surface area contributed by atoms with Gasteiger partial charge in [-0.2, -0.15) is 0 Å². The topological polar surface area (TPSA) is 38.3 Å². The summed E-state index contributed by atoms with van der Waals surface area (Å²) < 4.78 is 5.40. The van der Waals surface area contributed by atoms with E-state index in [1.54, 1.807) is 7.11 Å². The standard InChI is InChI=1S/C15H21NO2/c1-9-7-13(8-16-15(17)12-5-6-12)10(2)11(3)14(9)18-4/h7,12H,5-6,8H2,1-4H3,(H,16,17). The van der Waals surface area contributed by atoms with Crippen LogP contribution < -0.4 is 10.1 Å². The molecule has 0 bridgehead atoms. The summed E-state index contributed by atoms with van der Waals surface area (Å²) in [5.74, 6) is 1.41. The van der Waals surface area contributed by atoms with Gasteiger partial charge < -0.3 is 10.1 Å². The molecule has 98 valence electrons. The lowest BCUT2D eigenvalue weighted by molar-refractivity contribution is -0.122. The van der Waals surface area contributed by atoms with Crippen LogP contribution in [0.25, 0.3) is 0 Å². The zero-order valence-electron chi connectivity index (χ0n) is 11.6. The van der Waals surface area contributed by atoms with Gasteiger partial charge >= 0.3 is 0 Å². The van der Waals surface area contributed by atoms with E-state index >= 15 is 0 Å². The molecule has 1 fully saturated rings. The van der Waals surface area contributed by atoms with Crippen molar-refractivity contribution in [3.05, 3.63) is 28.3 Å². The van der Waals surface area contributed by atoms with Gasteiger partial charge in [-0.25, -0.2) is 0 Å². The Morgan fingerprint density at radius 2 is 2.00 bits per heavy atom. The van der Waals surface area contributed by atoms with Crippen LogP contribution in [0.15, 0.2) is 6.07 Å². The molecule has 1 aliphatic carbocycles. The predicted octanol–water partition coefficient (Wildman–Crippen LogP) is 2.65. The van der Waals surface area contributed by atoms with Gasteiger partial charge in [0.2, 0.25) is 5.91 Å². The van der Waals surface area contributed by atoms with Crippen LogP contribution in [0.3, 0.4) is 0 Å². The maximum atomic E-state index is 11.6. The van der Waals surface area contributed by atoms with Gasteiger partial charge in [0, 0.05) is 12.5 Å². The van der Waals surface area contributed by atoms with E-state index in [-0.39, 0.29) is 11.8 Å². The van der Waals surface area contributed by atoms with Gasteiger partial charge in [-0.3, -0.25) is 4.79 Å². The normalized spacial score (nSPS) is 14.4. The third kappa shape index (κ3) is 2.50. The first kappa shape index (κ1) is 12.9. The van der Waals surface area contributed by atoms with Crippen LogP contribution in [0.5, 0.6) is 5.75 Å². The van der Waals surface area contributed by atoms with Crippen molar-refractivity contribution >= 4 is 5.91 Å². The Kier molecular flexibility index (Phi) is 3.60. The Labute approximate surface area is 109 Å². The Morgan fingerprint density at radius 3 is 2.56 bits per heavy atom. The number of hydrogen-bond acceptors (Lipinski definition) is 2. The summed E-state index contributed by atoms with van der Waals surface area (Å²) in [6.07, 6.45) is 2.09. The first-order valence-corrected chi connectivity index (χ1v) is 6.46. The molecule has 1 amide bonds. The molecule has 0 unspecified atom stereocenters. The number of ether oxygens (including phenoxy) is 1. The summed E-state index contributed by atoms with van der Waals surface area (Å²) in [5.41, 5.74) is 4.66. The highest BCUT2D eigenvalue weighted by atomic mass is 16.5. The number of benzene rings is 1. The van der Waals surface area contributed by atoms with E-state index in [0.717, 1.165) is 29.7 Å². The zero-order valence-corrected chi connectivity index (χ0v) is 11.6. The number of methoxy groups -OCH3 is 1. The van der Waals surface area contributed by atoms with Crippen LogP contribution in [-0.4, -0.2) is 13.0 Å². The minimum absolute atomic E-state index is 0.195. The molecular formula is C15H21NO2. The largest absolute Gasteiger partial charge is 0.496 e. The summed E-state index contributed by atoms with van der Waals surface area (Å²) in [7, 11) is 1.70. The van der Waals surface area contributed by atoms with Gasteiger partial charge in [-0.1, -0.05) is 6.07 Å². The third-order valence-electron chi connectivity index (χ3n) is 3.74. The second-order valence-corrected chi connectivity index (χ2v) is 5.13. The Bertz CT molecular complexity index is 476. The molecular weight excluding hydrogens is 226 g/mol. The van der Waals surface area contributed by atoms with Gasteiger partial charge in [-0.05, 0) is 55.9 Å². The van der Waals surface area contributed by atoms with Crippen LogP contribution in [0.1, 0.15) is 35.1 Å². The van der Waals surface area contributed by atoms with Crippen molar-refractivity contribution in [3.8, 4) is 5.75 Å². The third-order valence-corrected chi connectivity index (χ3v) is 3.74. The summed E-state index contributed by atoms with van der Waals surface area (Å²) in [6.45, 7) is 6.80. The summed E-state index contributed by atoms with van der Waals surface area (Å²) in [6, 6.07) is 2.11. The molecule has 0 atom stereocenters. The molecule has 0 heterocycles. The molecule has 1 saturated carbocycles. The lowest BCUT2D eigenvalue weighted by Gasteiger charge is -2.16. The number of nitrogens with one attached hydrogen (secondary N) is 1. The maximum absolute atomic E-state index is 11.6. The Morgan fingerprint density at radius 1 is 1.33 bits per heavy atom. The maximum Gasteiger partial charge on any atom is 0.223 e. The van der Waals surface area contributed by atoms with Crippen molar-refractivity contribution in [1.82, 2.24) is 5.32 Å². The molecule has 3 nitrogen and oxygen atoms in total. The van der Waals surface area contributed by atoms with Crippen LogP contribution in [-0.2, 0) is 11.3 Å². The van der Waals surface area contributed by atoms with Crippen LogP contribution in [0.2, 0.25) is 0 Å². The van der Waals surface area contributed by atoms with E-state index in [2.05, 4.69) is 25.2 Å². The zero-order chi connectivity index (χ0) is 13.3. The van der Waals surface area contributed by atoms with E-state index in [0.29, 0.717) is 6.54 Å². The quantitative estimate of drug-likeness (QED) is 0.888. The number of hydrogen-bond donors (Lipinski definition) is 1. The number of aryl methyl sites for hydroxylation is 1. The van der Waals surface area contributed by atoms with Gasteiger partial charge in [-0.15, -0.1) is 0 Å². The number of carbonyl (C=O) groups excluding carboxylic acids is 1. The molecule has 3 heteroatoms. The molecule has 2 rings (SSSR count). The molecule has 0 aliphatic heterocycles. The van der Waals surface area contributed by atoms with E-state index in [4.69, 9.17) is 4.74 Å². The second kappa shape index (κ2) is 5.01. The highest BCUT2D eigenvalue weighted by Gasteiger charge is 2.29. The SMILES string of the molecule is COc1c(C)cc(CNC(=O)C2CC2)c(C)c1C. The number of amides is 1. The molecule has 0 spiro atoms. The van der Waals surface area contributed by atoms with E-state index in [1.807, 2.05) is 6.92 Å². The van der Waals surface area contributed by atoms with E-state index in [9.17, 15) is 4.79 Å². The van der Waals surface area contributed by atoms with Gasteiger partial charge in [0.25, 0.3) is 0 Å². The lowest BCUT2D eigenvalue weighted by atomic mass is 9.98. The summed E-state index contributed by atoms with van der Waals surface area (Å²) in [4.78, 5) is 11.6. The predicted molar refractivity (Wildman–Crippen MR) is 71.8 cm³/mol. The Balaban J connectivity index is 2.15. The van der Waals surface area contributed by atoms with Crippen molar-refractivity contribution in [3.63, 3.8) is 0 Å². The van der Waals surface area contributed by atoms with Gasteiger partial charge in [0.15, 0.2) is 0 Å². The smallest absolute Gasteiger partial charge is 0.223 e. The van der Waals surface area contributed by atoms with Gasteiger partial charge in [0.1, 0.15) is 5.75 Å². The number of carbonyl (C=O) groups is 1. The average molecular weight is 247 g/mol. The minimum Gasteiger partial charge on any atom is -0.496 e. The second-order valence-electron chi connectivity index (χ2n) is 5.13. The molecule has 1 N–H and O–H groups in total. The van der Waals surface area contributed by atoms with Crippen LogP contribution >= 0.6 is 0 Å². The van der Waals surface area contributed by atoms with Crippen molar-refractivity contribution in [2.75, 3.05) is 7.11 Å². The fraction of sp³-hybridized carbons (Fsp3) is 0.533. The molecule has 1 aliphatic rings. The van der Waals surface area contributed by atoms with Crippen molar-refractivity contribution in [2.24, 2.45) is 5.92 Å². The van der Waals surface area contributed by atoms with E-state index < -0.39 is 0 Å². The minimum atomic E-state index is 0.195. The highest BCUT2D eigenvalue weighted by Crippen LogP contribution is 2.30. The van der Waals surface area contributed by atoms with Crippen LogP contribution in [0, 0.1) is 26.7 Å². The molecule has 0 aromatic heterocycles. The van der Waals surface area contributed by atoms with Crippen LogP contribution in [0.4, 0.5) is 0 Å². The first-order valence-electron chi connectivity index (χ1n) is 6.46.